The van der Waals surface area contributed by atoms with Gasteiger partial charge in [0.25, 0.3) is 0 Å². The average molecular weight is 309 g/mol. The zero-order chi connectivity index (χ0) is 15.2. The normalized spacial score (nSPS) is 21.5. The maximum absolute atomic E-state index is 12.0. The number of aliphatic carboxylic acids is 1. The lowest BCUT2D eigenvalue weighted by atomic mass is 10.2. The third-order valence-electron chi connectivity index (χ3n) is 3.49. The van der Waals surface area contributed by atoms with Gasteiger partial charge in [0.15, 0.2) is 0 Å². The number of carboxylic acid groups (broad SMARTS) is 1. The number of carbonyl (C=O) groups is 2. The van der Waals surface area contributed by atoms with Crippen LogP contribution in [-0.2, 0) is 16.0 Å². The number of β-amino-alcohol motifs (C(OH)–C–C–N with tert-alkyl or cyclic N) is 1. The van der Waals surface area contributed by atoms with Gasteiger partial charge in [0.1, 0.15) is 6.04 Å². The number of likely N-dealkylation sites (tertiary alicyclic amines) is 1. The van der Waals surface area contributed by atoms with Crippen molar-refractivity contribution in [2.24, 2.45) is 0 Å². The number of nitrogens with zero attached hydrogens (tertiary/aromatic N) is 1. The SMILES string of the molecule is O=C(O)[C@@H]1CC(O)CN1C(=O)CSCCc1ccccc1. The van der Waals surface area contributed by atoms with Gasteiger partial charge < -0.3 is 15.1 Å². The van der Waals surface area contributed by atoms with Crippen molar-refractivity contribution in [1.29, 1.82) is 0 Å². The molecule has 5 nitrogen and oxygen atoms in total. The maximum atomic E-state index is 12.0. The van der Waals surface area contributed by atoms with Crippen molar-refractivity contribution >= 4 is 23.6 Å². The monoisotopic (exact) mass is 309 g/mol. The van der Waals surface area contributed by atoms with Crippen LogP contribution in [0, 0.1) is 0 Å². The van der Waals surface area contributed by atoms with Crippen LogP contribution in [0.4, 0.5) is 0 Å². The number of aliphatic hydroxyl groups is 1. The first kappa shape index (κ1) is 15.9. The van der Waals surface area contributed by atoms with Crippen LogP contribution in [0.15, 0.2) is 30.3 Å². The summed E-state index contributed by atoms with van der Waals surface area (Å²) in [6, 6.07) is 9.12. The third-order valence-corrected chi connectivity index (χ3v) is 4.43. The number of benzene rings is 1. The summed E-state index contributed by atoms with van der Waals surface area (Å²) in [4.78, 5) is 24.4. The molecule has 1 aliphatic rings. The summed E-state index contributed by atoms with van der Waals surface area (Å²) >= 11 is 1.49. The molecule has 1 aromatic rings. The van der Waals surface area contributed by atoms with Crippen LogP contribution >= 0.6 is 11.8 Å². The van der Waals surface area contributed by atoms with Crippen LogP contribution in [-0.4, -0.2) is 57.2 Å². The lowest BCUT2D eigenvalue weighted by Crippen LogP contribution is -2.41. The predicted molar refractivity (Wildman–Crippen MR) is 81.2 cm³/mol. The van der Waals surface area contributed by atoms with Crippen molar-refractivity contribution in [3.05, 3.63) is 35.9 Å². The third kappa shape index (κ3) is 4.47. The molecule has 21 heavy (non-hydrogen) atoms. The van der Waals surface area contributed by atoms with Crippen LogP contribution in [0.2, 0.25) is 0 Å². The fourth-order valence-corrected chi connectivity index (χ4v) is 3.27. The second kappa shape index (κ2) is 7.47. The molecule has 0 aliphatic carbocycles. The van der Waals surface area contributed by atoms with E-state index in [1.165, 1.54) is 22.2 Å². The topological polar surface area (TPSA) is 77.8 Å². The van der Waals surface area contributed by atoms with E-state index in [9.17, 15) is 14.7 Å². The number of thioether (sulfide) groups is 1. The highest BCUT2D eigenvalue weighted by molar-refractivity contribution is 7.99. The molecule has 1 fully saturated rings. The van der Waals surface area contributed by atoms with Gasteiger partial charge in [-0.15, -0.1) is 0 Å². The summed E-state index contributed by atoms with van der Waals surface area (Å²) in [6.07, 6.45) is 0.267. The van der Waals surface area contributed by atoms with Crippen LogP contribution in [0.25, 0.3) is 0 Å². The van der Waals surface area contributed by atoms with E-state index < -0.39 is 18.1 Å². The Morgan fingerprint density at radius 3 is 2.67 bits per heavy atom. The molecule has 0 bridgehead atoms. The average Bonchev–Trinajstić information content (AvgIpc) is 2.87. The minimum absolute atomic E-state index is 0.120. The Hall–Kier alpha value is -1.53. The van der Waals surface area contributed by atoms with E-state index in [1.807, 2.05) is 30.3 Å². The molecule has 0 radical (unpaired) electrons. The van der Waals surface area contributed by atoms with E-state index in [0.717, 1.165) is 12.2 Å². The molecule has 6 heteroatoms. The highest BCUT2D eigenvalue weighted by atomic mass is 32.2. The lowest BCUT2D eigenvalue weighted by molar-refractivity contribution is -0.147. The first-order chi connectivity index (χ1) is 10.1. The summed E-state index contributed by atoms with van der Waals surface area (Å²) in [5.41, 5.74) is 1.22. The van der Waals surface area contributed by atoms with Gasteiger partial charge in [0, 0.05) is 13.0 Å². The molecule has 1 amide bonds. The van der Waals surface area contributed by atoms with Gasteiger partial charge in [0.05, 0.1) is 11.9 Å². The fraction of sp³-hybridized carbons (Fsp3) is 0.467. The van der Waals surface area contributed by atoms with Crippen molar-refractivity contribution in [2.45, 2.75) is 25.0 Å². The highest BCUT2D eigenvalue weighted by Crippen LogP contribution is 2.19. The number of amides is 1. The molecular formula is C15H19NO4S. The maximum Gasteiger partial charge on any atom is 0.326 e. The van der Waals surface area contributed by atoms with Gasteiger partial charge in [-0.25, -0.2) is 4.79 Å². The Bertz CT molecular complexity index is 494. The summed E-state index contributed by atoms with van der Waals surface area (Å²) in [5, 5.41) is 18.6. The second-order valence-electron chi connectivity index (χ2n) is 5.08. The number of hydrogen-bond donors (Lipinski definition) is 2. The molecule has 1 unspecified atom stereocenters. The lowest BCUT2D eigenvalue weighted by Gasteiger charge is -2.20. The Labute approximate surface area is 128 Å². The van der Waals surface area contributed by atoms with Crippen LogP contribution in [0.5, 0.6) is 0 Å². The molecule has 1 aliphatic heterocycles. The summed E-state index contributed by atoms with van der Waals surface area (Å²) < 4.78 is 0. The van der Waals surface area contributed by atoms with E-state index in [4.69, 9.17) is 5.11 Å². The largest absolute Gasteiger partial charge is 0.480 e. The van der Waals surface area contributed by atoms with E-state index in [-0.39, 0.29) is 24.6 Å². The summed E-state index contributed by atoms with van der Waals surface area (Å²) in [5.74, 6) is -0.195. The molecule has 2 rings (SSSR count). The molecule has 0 spiro atoms. The van der Waals surface area contributed by atoms with E-state index in [1.54, 1.807) is 0 Å². The first-order valence-electron chi connectivity index (χ1n) is 6.90. The zero-order valence-corrected chi connectivity index (χ0v) is 12.5. The Morgan fingerprint density at radius 2 is 2.00 bits per heavy atom. The van der Waals surface area contributed by atoms with Crippen LogP contribution in [0.3, 0.4) is 0 Å². The van der Waals surface area contributed by atoms with Gasteiger partial charge in [-0.2, -0.15) is 11.8 Å². The Morgan fingerprint density at radius 1 is 1.29 bits per heavy atom. The molecule has 2 atom stereocenters. The number of hydrogen-bond acceptors (Lipinski definition) is 4. The number of aliphatic hydroxyl groups excluding tert-OH is 1. The first-order valence-corrected chi connectivity index (χ1v) is 8.05. The van der Waals surface area contributed by atoms with Gasteiger partial charge in [-0.3, -0.25) is 4.79 Å². The number of carboxylic acids is 1. The minimum Gasteiger partial charge on any atom is -0.480 e. The molecule has 1 heterocycles. The number of carbonyl (C=O) groups excluding carboxylic acids is 1. The van der Waals surface area contributed by atoms with Crippen molar-refractivity contribution < 1.29 is 19.8 Å². The molecule has 0 saturated carbocycles. The standard InChI is InChI=1S/C15H19NO4S/c17-12-8-13(15(19)20)16(9-12)14(18)10-21-7-6-11-4-2-1-3-5-11/h1-5,12-13,17H,6-10H2,(H,19,20)/t12?,13-/m0/s1. The second-order valence-corrected chi connectivity index (χ2v) is 6.18. The van der Waals surface area contributed by atoms with Gasteiger partial charge in [-0.05, 0) is 17.7 Å². The summed E-state index contributed by atoms with van der Waals surface area (Å²) in [7, 11) is 0. The van der Waals surface area contributed by atoms with Crippen LogP contribution in [0.1, 0.15) is 12.0 Å². The van der Waals surface area contributed by atoms with Gasteiger partial charge in [-0.1, -0.05) is 30.3 Å². The Balaban J connectivity index is 1.75. The van der Waals surface area contributed by atoms with E-state index >= 15 is 0 Å². The summed E-state index contributed by atoms with van der Waals surface area (Å²) in [6.45, 7) is 0.120. The minimum atomic E-state index is -1.05. The zero-order valence-electron chi connectivity index (χ0n) is 11.6. The van der Waals surface area contributed by atoms with Gasteiger partial charge in [0.2, 0.25) is 5.91 Å². The van der Waals surface area contributed by atoms with Gasteiger partial charge >= 0.3 is 5.97 Å². The van der Waals surface area contributed by atoms with Crippen molar-refractivity contribution in [1.82, 2.24) is 4.90 Å². The van der Waals surface area contributed by atoms with E-state index in [0.29, 0.717) is 0 Å². The number of aryl methyl sites for hydroxylation is 1. The number of rotatable bonds is 6. The molecule has 0 aromatic heterocycles. The molecule has 2 N–H and O–H groups in total. The van der Waals surface area contributed by atoms with Crippen molar-refractivity contribution in [3.63, 3.8) is 0 Å². The molecular weight excluding hydrogens is 290 g/mol. The highest BCUT2D eigenvalue weighted by Gasteiger charge is 2.38. The molecule has 1 saturated heterocycles. The van der Waals surface area contributed by atoms with Crippen LogP contribution < -0.4 is 0 Å². The van der Waals surface area contributed by atoms with Crippen molar-refractivity contribution in [3.8, 4) is 0 Å². The van der Waals surface area contributed by atoms with Crippen molar-refractivity contribution in [2.75, 3.05) is 18.1 Å². The quantitative estimate of drug-likeness (QED) is 0.767. The predicted octanol–water partition coefficient (Wildman–Crippen LogP) is 1.01. The Kier molecular flexibility index (Phi) is 5.64. The fourth-order valence-electron chi connectivity index (χ4n) is 2.40. The molecule has 114 valence electrons. The smallest absolute Gasteiger partial charge is 0.326 e. The molecule has 1 aromatic carbocycles. The van der Waals surface area contributed by atoms with E-state index in [2.05, 4.69) is 0 Å².